The highest BCUT2D eigenvalue weighted by atomic mass is 15.4. The SMILES string of the molecule is CC(c1ccccc1)c1ccccc1N1CCN(c2ccccc2C(C)c2ccccc2)C1C(C)(C)C. The maximum atomic E-state index is 2.67. The van der Waals surface area contributed by atoms with E-state index < -0.39 is 0 Å². The molecular formula is C35H40N2. The van der Waals surface area contributed by atoms with Gasteiger partial charge in [0.05, 0.1) is 0 Å². The third-order valence-electron chi connectivity index (χ3n) is 7.97. The van der Waals surface area contributed by atoms with Crippen LogP contribution in [-0.2, 0) is 0 Å². The smallest absolute Gasteiger partial charge is 0.107 e. The molecule has 2 unspecified atom stereocenters. The second kappa shape index (κ2) is 10.5. The highest BCUT2D eigenvalue weighted by Crippen LogP contribution is 2.43. The highest BCUT2D eigenvalue weighted by Gasteiger charge is 2.42. The zero-order chi connectivity index (χ0) is 26.0. The van der Waals surface area contributed by atoms with E-state index in [1.165, 1.54) is 33.6 Å². The lowest BCUT2D eigenvalue weighted by Crippen LogP contribution is -2.49. The van der Waals surface area contributed by atoms with Crippen molar-refractivity contribution in [3.63, 3.8) is 0 Å². The molecule has 0 aliphatic carbocycles. The molecule has 1 heterocycles. The van der Waals surface area contributed by atoms with Crippen LogP contribution < -0.4 is 9.80 Å². The molecule has 0 saturated carbocycles. The number of hydrogen-bond acceptors (Lipinski definition) is 2. The summed E-state index contributed by atoms with van der Waals surface area (Å²) in [6.45, 7) is 13.8. The Morgan fingerprint density at radius 1 is 0.541 bits per heavy atom. The minimum Gasteiger partial charge on any atom is -0.349 e. The third-order valence-corrected chi connectivity index (χ3v) is 7.97. The molecule has 2 atom stereocenters. The average Bonchev–Trinajstić information content (AvgIpc) is 3.39. The van der Waals surface area contributed by atoms with E-state index >= 15 is 0 Å². The van der Waals surface area contributed by atoms with Gasteiger partial charge in [-0.05, 0) is 34.4 Å². The van der Waals surface area contributed by atoms with Gasteiger partial charge in [0.25, 0.3) is 0 Å². The van der Waals surface area contributed by atoms with Gasteiger partial charge in [0.1, 0.15) is 6.17 Å². The van der Waals surface area contributed by atoms with Crippen molar-refractivity contribution in [2.24, 2.45) is 5.41 Å². The summed E-state index contributed by atoms with van der Waals surface area (Å²) in [5.41, 5.74) is 8.29. The predicted octanol–water partition coefficient (Wildman–Crippen LogP) is 8.69. The van der Waals surface area contributed by atoms with Crippen LogP contribution in [0.5, 0.6) is 0 Å². The Labute approximate surface area is 223 Å². The summed E-state index contributed by atoms with van der Waals surface area (Å²) in [5, 5.41) is 0. The molecule has 0 spiro atoms. The summed E-state index contributed by atoms with van der Waals surface area (Å²) in [5.74, 6) is 0.662. The van der Waals surface area contributed by atoms with Crippen LogP contribution in [0.1, 0.15) is 68.7 Å². The lowest BCUT2D eigenvalue weighted by molar-refractivity contribution is 0.322. The van der Waals surface area contributed by atoms with Gasteiger partial charge in [-0.15, -0.1) is 0 Å². The Hall–Kier alpha value is -3.52. The molecule has 0 radical (unpaired) electrons. The maximum Gasteiger partial charge on any atom is 0.107 e. The van der Waals surface area contributed by atoms with Crippen molar-refractivity contribution in [1.82, 2.24) is 0 Å². The monoisotopic (exact) mass is 488 g/mol. The molecular weight excluding hydrogens is 448 g/mol. The molecule has 190 valence electrons. The van der Waals surface area contributed by atoms with Crippen LogP contribution >= 0.6 is 0 Å². The van der Waals surface area contributed by atoms with Gasteiger partial charge < -0.3 is 9.80 Å². The molecule has 2 nitrogen and oxygen atoms in total. The standard InChI is InChI=1S/C35H40N2/c1-26(28-16-8-6-9-17-28)30-20-12-14-22-32(30)36-24-25-37(34(36)35(3,4)5)33-23-15-13-21-31(33)27(2)29-18-10-7-11-19-29/h6-23,26-27,34H,24-25H2,1-5H3. The summed E-state index contributed by atoms with van der Waals surface area (Å²) in [6.07, 6.45) is 0.251. The summed E-state index contributed by atoms with van der Waals surface area (Å²) in [4.78, 5) is 5.33. The van der Waals surface area contributed by atoms with Gasteiger partial charge in [-0.2, -0.15) is 0 Å². The average molecular weight is 489 g/mol. The number of nitrogens with zero attached hydrogens (tertiary/aromatic N) is 2. The molecule has 1 fully saturated rings. The normalized spacial score (nSPS) is 17.6. The van der Waals surface area contributed by atoms with Gasteiger partial charge in [-0.3, -0.25) is 0 Å². The zero-order valence-corrected chi connectivity index (χ0v) is 22.9. The molecule has 1 aliphatic rings. The fraction of sp³-hybridized carbons (Fsp3) is 0.314. The topological polar surface area (TPSA) is 6.48 Å². The fourth-order valence-electron chi connectivity index (χ4n) is 6.14. The second-order valence-electron chi connectivity index (χ2n) is 11.5. The Kier molecular flexibility index (Phi) is 7.11. The molecule has 5 rings (SSSR count). The fourth-order valence-corrected chi connectivity index (χ4v) is 6.14. The van der Waals surface area contributed by atoms with Crippen LogP contribution in [0.2, 0.25) is 0 Å². The van der Waals surface area contributed by atoms with Crippen LogP contribution in [-0.4, -0.2) is 19.3 Å². The summed E-state index contributed by atoms with van der Waals surface area (Å²) < 4.78 is 0. The van der Waals surface area contributed by atoms with Crippen molar-refractivity contribution < 1.29 is 0 Å². The first kappa shape index (κ1) is 25.1. The minimum atomic E-state index is 0.0582. The first-order chi connectivity index (χ1) is 17.9. The summed E-state index contributed by atoms with van der Waals surface area (Å²) in [6, 6.07) is 39.9. The van der Waals surface area contributed by atoms with E-state index in [9.17, 15) is 0 Å². The molecule has 4 aromatic rings. The largest absolute Gasteiger partial charge is 0.349 e. The van der Waals surface area contributed by atoms with Gasteiger partial charge in [0.2, 0.25) is 0 Å². The second-order valence-corrected chi connectivity index (χ2v) is 11.5. The summed E-state index contributed by atoms with van der Waals surface area (Å²) in [7, 11) is 0. The molecule has 2 heteroatoms. The lowest BCUT2D eigenvalue weighted by Gasteiger charge is -2.43. The van der Waals surface area contributed by atoms with Crippen LogP contribution in [0.3, 0.4) is 0 Å². The number of anilines is 2. The van der Waals surface area contributed by atoms with Gasteiger partial charge in [0, 0.05) is 41.7 Å². The van der Waals surface area contributed by atoms with Gasteiger partial charge in [-0.1, -0.05) is 132 Å². The predicted molar refractivity (Wildman–Crippen MR) is 159 cm³/mol. The Bertz CT molecular complexity index is 1210. The number of hydrogen-bond donors (Lipinski definition) is 0. The van der Waals surface area contributed by atoms with Crippen molar-refractivity contribution in [3.8, 4) is 0 Å². The highest BCUT2D eigenvalue weighted by molar-refractivity contribution is 5.65. The Morgan fingerprint density at radius 3 is 1.27 bits per heavy atom. The van der Waals surface area contributed by atoms with E-state index in [-0.39, 0.29) is 11.6 Å². The van der Waals surface area contributed by atoms with Crippen LogP contribution in [0.25, 0.3) is 0 Å². The summed E-state index contributed by atoms with van der Waals surface area (Å²) >= 11 is 0. The minimum absolute atomic E-state index is 0.0582. The van der Waals surface area contributed by atoms with E-state index in [4.69, 9.17) is 0 Å². The van der Waals surface area contributed by atoms with Gasteiger partial charge in [0.15, 0.2) is 0 Å². The molecule has 1 aliphatic heterocycles. The quantitative estimate of drug-likeness (QED) is 0.268. The lowest BCUT2D eigenvalue weighted by atomic mass is 9.87. The van der Waals surface area contributed by atoms with E-state index in [1.54, 1.807) is 0 Å². The number of rotatable bonds is 6. The van der Waals surface area contributed by atoms with E-state index in [2.05, 4.69) is 154 Å². The molecule has 37 heavy (non-hydrogen) atoms. The van der Waals surface area contributed by atoms with Crippen molar-refractivity contribution in [2.45, 2.75) is 52.6 Å². The van der Waals surface area contributed by atoms with Crippen LogP contribution in [0.4, 0.5) is 11.4 Å². The van der Waals surface area contributed by atoms with E-state index in [1.807, 2.05) is 0 Å². The Balaban J connectivity index is 1.55. The van der Waals surface area contributed by atoms with Crippen LogP contribution in [0.15, 0.2) is 109 Å². The molecule has 0 amide bonds. The van der Waals surface area contributed by atoms with Crippen molar-refractivity contribution >= 4 is 11.4 Å². The molecule has 0 bridgehead atoms. The molecule has 0 N–H and O–H groups in total. The van der Waals surface area contributed by atoms with Crippen molar-refractivity contribution in [2.75, 3.05) is 22.9 Å². The molecule has 4 aromatic carbocycles. The first-order valence-electron chi connectivity index (χ1n) is 13.7. The number of benzene rings is 4. The van der Waals surface area contributed by atoms with E-state index in [0.29, 0.717) is 11.8 Å². The Morgan fingerprint density at radius 2 is 0.892 bits per heavy atom. The van der Waals surface area contributed by atoms with Crippen molar-refractivity contribution in [3.05, 3.63) is 131 Å². The molecule has 1 saturated heterocycles. The molecule has 0 aromatic heterocycles. The maximum absolute atomic E-state index is 2.67. The van der Waals surface area contributed by atoms with Crippen LogP contribution in [0, 0.1) is 5.41 Å². The third kappa shape index (κ3) is 5.03. The first-order valence-corrected chi connectivity index (χ1v) is 13.7. The number of para-hydroxylation sites is 2. The van der Waals surface area contributed by atoms with E-state index in [0.717, 1.165) is 13.1 Å². The zero-order valence-electron chi connectivity index (χ0n) is 22.9. The van der Waals surface area contributed by atoms with Gasteiger partial charge in [-0.25, -0.2) is 0 Å². The van der Waals surface area contributed by atoms with Crippen molar-refractivity contribution in [1.29, 1.82) is 0 Å². The van der Waals surface area contributed by atoms with Gasteiger partial charge >= 0.3 is 0 Å².